The summed E-state index contributed by atoms with van der Waals surface area (Å²) in [6, 6.07) is 8.14. The zero-order valence-corrected chi connectivity index (χ0v) is 11.1. The number of fused-ring (bicyclic) bond motifs is 1. The fraction of sp³-hybridized carbons (Fsp3) is 0.533. The smallest absolute Gasteiger partial charge is 0.239 e. The summed E-state index contributed by atoms with van der Waals surface area (Å²) in [6.07, 6.45) is 3.63. The molecule has 0 spiro atoms. The maximum absolute atomic E-state index is 12.2. The molecule has 1 atom stereocenters. The molecule has 1 heterocycles. The molecule has 1 aliphatic heterocycles. The first-order chi connectivity index (χ1) is 8.72. The number of carbonyl (C=O) groups excluding carboxylic acids is 1. The van der Waals surface area contributed by atoms with E-state index in [1.807, 2.05) is 4.90 Å². The van der Waals surface area contributed by atoms with Crippen LogP contribution >= 0.6 is 0 Å². The van der Waals surface area contributed by atoms with Crippen molar-refractivity contribution in [2.75, 3.05) is 13.1 Å². The standard InChI is InChI=1S/C15H22N2O/c1-2-5-14(16)15(18)17-10-8-12-6-3-4-7-13(12)9-11-17/h3-4,6-7,14H,2,5,8-11,16H2,1H3/t14-/m0/s1. The van der Waals surface area contributed by atoms with Gasteiger partial charge in [0.05, 0.1) is 6.04 Å². The average molecular weight is 246 g/mol. The van der Waals surface area contributed by atoms with Crippen LogP contribution in [-0.4, -0.2) is 29.9 Å². The second-order valence-corrected chi connectivity index (χ2v) is 4.99. The van der Waals surface area contributed by atoms with Gasteiger partial charge in [-0.1, -0.05) is 37.6 Å². The number of rotatable bonds is 3. The van der Waals surface area contributed by atoms with Gasteiger partial charge in [-0.15, -0.1) is 0 Å². The van der Waals surface area contributed by atoms with Crippen molar-refractivity contribution in [3.8, 4) is 0 Å². The van der Waals surface area contributed by atoms with Crippen molar-refractivity contribution in [1.82, 2.24) is 4.90 Å². The number of amides is 1. The van der Waals surface area contributed by atoms with Gasteiger partial charge in [-0.2, -0.15) is 0 Å². The lowest BCUT2D eigenvalue weighted by molar-refractivity contribution is -0.132. The first-order valence-electron chi connectivity index (χ1n) is 6.83. The van der Waals surface area contributed by atoms with E-state index in [4.69, 9.17) is 5.73 Å². The van der Waals surface area contributed by atoms with Gasteiger partial charge in [-0.3, -0.25) is 4.79 Å². The minimum absolute atomic E-state index is 0.115. The van der Waals surface area contributed by atoms with E-state index in [-0.39, 0.29) is 11.9 Å². The Kier molecular flexibility index (Phi) is 4.37. The zero-order valence-electron chi connectivity index (χ0n) is 11.1. The molecule has 3 nitrogen and oxygen atoms in total. The Morgan fingerprint density at radius 1 is 1.28 bits per heavy atom. The number of nitrogens with two attached hydrogens (primary N) is 1. The van der Waals surface area contributed by atoms with Gasteiger partial charge >= 0.3 is 0 Å². The van der Waals surface area contributed by atoms with Gasteiger partial charge in [0.25, 0.3) is 0 Å². The highest BCUT2D eigenvalue weighted by Gasteiger charge is 2.22. The van der Waals surface area contributed by atoms with Crippen molar-refractivity contribution in [1.29, 1.82) is 0 Å². The van der Waals surface area contributed by atoms with Crippen LogP contribution in [0.15, 0.2) is 24.3 Å². The van der Waals surface area contributed by atoms with Crippen LogP contribution in [0.1, 0.15) is 30.9 Å². The molecule has 1 aliphatic rings. The van der Waals surface area contributed by atoms with E-state index in [1.165, 1.54) is 11.1 Å². The maximum atomic E-state index is 12.2. The average Bonchev–Trinajstić information content (AvgIpc) is 2.60. The lowest BCUT2D eigenvalue weighted by atomic mass is 10.0. The van der Waals surface area contributed by atoms with E-state index < -0.39 is 0 Å². The Hall–Kier alpha value is -1.35. The molecule has 0 saturated carbocycles. The van der Waals surface area contributed by atoms with Gasteiger partial charge in [0, 0.05) is 13.1 Å². The Labute approximate surface area is 109 Å². The molecule has 1 aromatic rings. The third kappa shape index (κ3) is 2.91. The van der Waals surface area contributed by atoms with Crippen molar-refractivity contribution in [3.05, 3.63) is 35.4 Å². The predicted octanol–water partition coefficient (Wildman–Crippen LogP) is 1.74. The second-order valence-electron chi connectivity index (χ2n) is 4.99. The van der Waals surface area contributed by atoms with Crippen LogP contribution in [0, 0.1) is 0 Å². The molecule has 98 valence electrons. The molecule has 0 saturated heterocycles. The van der Waals surface area contributed by atoms with Crippen molar-refractivity contribution in [2.24, 2.45) is 5.73 Å². The molecular weight excluding hydrogens is 224 g/mol. The van der Waals surface area contributed by atoms with Crippen LogP contribution in [0.25, 0.3) is 0 Å². The van der Waals surface area contributed by atoms with Gasteiger partial charge in [0.15, 0.2) is 0 Å². The molecule has 2 rings (SSSR count). The SMILES string of the molecule is CCC[C@H](N)C(=O)N1CCc2ccccc2CC1. The lowest BCUT2D eigenvalue weighted by Gasteiger charge is -2.23. The van der Waals surface area contributed by atoms with Gasteiger partial charge in [-0.05, 0) is 30.4 Å². The lowest BCUT2D eigenvalue weighted by Crippen LogP contribution is -2.44. The molecule has 3 heteroatoms. The molecule has 0 aliphatic carbocycles. The first kappa shape index (κ1) is 13.1. The predicted molar refractivity (Wildman–Crippen MR) is 73.3 cm³/mol. The Balaban J connectivity index is 2.01. The second kappa shape index (κ2) is 6.01. The van der Waals surface area contributed by atoms with Crippen LogP contribution < -0.4 is 5.73 Å². The highest BCUT2D eigenvalue weighted by Crippen LogP contribution is 2.16. The zero-order chi connectivity index (χ0) is 13.0. The fourth-order valence-electron chi connectivity index (χ4n) is 2.56. The quantitative estimate of drug-likeness (QED) is 0.883. The molecule has 2 N–H and O–H groups in total. The molecule has 0 unspecified atom stereocenters. The Bertz CT molecular complexity index is 390. The summed E-state index contributed by atoms with van der Waals surface area (Å²) in [4.78, 5) is 14.1. The van der Waals surface area contributed by atoms with Crippen LogP contribution in [0.3, 0.4) is 0 Å². The molecule has 18 heavy (non-hydrogen) atoms. The van der Waals surface area contributed by atoms with Gasteiger partial charge in [0.2, 0.25) is 5.91 Å². The van der Waals surface area contributed by atoms with E-state index in [0.717, 1.165) is 38.8 Å². The third-order valence-corrected chi connectivity index (χ3v) is 3.65. The summed E-state index contributed by atoms with van der Waals surface area (Å²) in [5.74, 6) is 0.115. The minimum atomic E-state index is -0.323. The van der Waals surface area contributed by atoms with Gasteiger partial charge in [-0.25, -0.2) is 0 Å². The molecule has 0 aromatic heterocycles. The Morgan fingerprint density at radius 2 is 1.83 bits per heavy atom. The normalized spacial score (nSPS) is 16.9. The van der Waals surface area contributed by atoms with Gasteiger partial charge in [0.1, 0.15) is 0 Å². The van der Waals surface area contributed by atoms with E-state index in [0.29, 0.717) is 0 Å². The first-order valence-corrected chi connectivity index (χ1v) is 6.83. The van der Waals surface area contributed by atoms with Crippen molar-refractivity contribution in [2.45, 2.75) is 38.6 Å². The summed E-state index contributed by atoms with van der Waals surface area (Å²) in [5, 5.41) is 0. The number of hydrogen-bond donors (Lipinski definition) is 1. The molecular formula is C15H22N2O. The molecule has 1 aromatic carbocycles. The number of hydrogen-bond acceptors (Lipinski definition) is 2. The van der Waals surface area contributed by atoms with Crippen molar-refractivity contribution < 1.29 is 4.79 Å². The molecule has 0 fully saturated rings. The van der Waals surface area contributed by atoms with E-state index in [9.17, 15) is 4.79 Å². The summed E-state index contributed by atoms with van der Waals surface area (Å²) < 4.78 is 0. The molecule has 0 bridgehead atoms. The van der Waals surface area contributed by atoms with Crippen molar-refractivity contribution in [3.63, 3.8) is 0 Å². The fourth-order valence-corrected chi connectivity index (χ4v) is 2.56. The monoisotopic (exact) mass is 246 g/mol. The summed E-state index contributed by atoms with van der Waals surface area (Å²) in [6.45, 7) is 3.66. The van der Waals surface area contributed by atoms with E-state index in [1.54, 1.807) is 0 Å². The number of nitrogens with zero attached hydrogens (tertiary/aromatic N) is 1. The molecule has 0 radical (unpaired) electrons. The van der Waals surface area contributed by atoms with E-state index in [2.05, 4.69) is 31.2 Å². The topological polar surface area (TPSA) is 46.3 Å². The Morgan fingerprint density at radius 3 is 2.33 bits per heavy atom. The summed E-state index contributed by atoms with van der Waals surface area (Å²) >= 11 is 0. The summed E-state index contributed by atoms with van der Waals surface area (Å²) in [7, 11) is 0. The number of carbonyl (C=O) groups is 1. The van der Waals surface area contributed by atoms with Gasteiger partial charge < -0.3 is 10.6 Å². The summed E-state index contributed by atoms with van der Waals surface area (Å²) in [5.41, 5.74) is 8.67. The van der Waals surface area contributed by atoms with Crippen LogP contribution in [0.4, 0.5) is 0 Å². The highest BCUT2D eigenvalue weighted by molar-refractivity contribution is 5.81. The van der Waals surface area contributed by atoms with Crippen LogP contribution in [0.2, 0.25) is 0 Å². The highest BCUT2D eigenvalue weighted by atomic mass is 16.2. The molecule has 1 amide bonds. The van der Waals surface area contributed by atoms with Crippen LogP contribution in [-0.2, 0) is 17.6 Å². The van der Waals surface area contributed by atoms with Crippen LogP contribution in [0.5, 0.6) is 0 Å². The largest absolute Gasteiger partial charge is 0.341 e. The van der Waals surface area contributed by atoms with E-state index >= 15 is 0 Å². The maximum Gasteiger partial charge on any atom is 0.239 e. The third-order valence-electron chi connectivity index (χ3n) is 3.65. The number of benzene rings is 1. The minimum Gasteiger partial charge on any atom is -0.341 e. The van der Waals surface area contributed by atoms with Crippen molar-refractivity contribution >= 4 is 5.91 Å².